The van der Waals surface area contributed by atoms with Crippen molar-refractivity contribution in [3.63, 3.8) is 0 Å². The molecular formula is C14H18ClNO2S. The SMILES string of the molecule is O=C(CSc1ccccc1Cl)N(CCO)C1CCC1. The summed E-state index contributed by atoms with van der Waals surface area (Å²) in [6.45, 7) is 0.464. The number of thioether (sulfide) groups is 1. The van der Waals surface area contributed by atoms with Gasteiger partial charge in [-0.3, -0.25) is 4.79 Å². The van der Waals surface area contributed by atoms with E-state index in [-0.39, 0.29) is 12.5 Å². The molecule has 0 saturated heterocycles. The lowest BCUT2D eigenvalue weighted by Gasteiger charge is -2.37. The molecule has 1 amide bonds. The highest BCUT2D eigenvalue weighted by molar-refractivity contribution is 8.00. The summed E-state index contributed by atoms with van der Waals surface area (Å²) in [5, 5.41) is 9.74. The van der Waals surface area contributed by atoms with Gasteiger partial charge in [0, 0.05) is 17.5 Å². The Morgan fingerprint density at radius 2 is 2.16 bits per heavy atom. The molecule has 1 aliphatic rings. The predicted molar refractivity (Wildman–Crippen MR) is 78.6 cm³/mol. The third kappa shape index (κ3) is 3.88. The van der Waals surface area contributed by atoms with Crippen LogP contribution in [0.15, 0.2) is 29.2 Å². The quantitative estimate of drug-likeness (QED) is 0.821. The zero-order valence-corrected chi connectivity index (χ0v) is 12.3. The summed E-state index contributed by atoms with van der Waals surface area (Å²) < 4.78 is 0. The summed E-state index contributed by atoms with van der Waals surface area (Å²) in [5.41, 5.74) is 0. The standard InChI is InChI=1S/C14H18ClNO2S/c15-12-6-1-2-7-13(12)19-10-14(18)16(8-9-17)11-4-3-5-11/h1-2,6-7,11,17H,3-5,8-10H2. The van der Waals surface area contributed by atoms with Gasteiger partial charge in [-0.2, -0.15) is 0 Å². The second-order valence-electron chi connectivity index (χ2n) is 4.61. The fourth-order valence-corrected chi connectivity index (χ4v) is 3.23. The van der Waals surface area contributed by atoms with Crippen LogP contribution in [0.25, 0.3) is 0 Å². The Balaban J connectivity index is 1.90. The summed E-state index contributed by atoms with van der Waals surface area (Å²) in [5.74, 6) is 0.462. The van der Waals surface area contributed by atoms with Crippen LogP contribution in [-0.2, 0) is 4.79 Å². The molecule has 0 unspecified atom stereocenters. The summed E-state index contributed by atoms with van der Waals surface area (Å²) >= 11 is 7.52. The van der Waals surface area contributed by atoms with Crippen LogP contribution in [-0.4, -0.2) is 40.9 Å². The third-order valence-electron chi connectivity index (χ3n) is 3.36. The van der Waals surface area contributed by atoms with Gasteiger partial charge in [-0.15, -0.1) is 11.8 Å². The van der Waals surface area contributed by atoms with E-state index < -0.39 is 0 Å². The minimum Gasteiger partial charge on any atom is -0.395 e. The Labute approximate surface area is 122 Å². The molecule has 104 valence electrons. The molecule has 1 saturated carbocycles. The number of halogens is 1. The van der Waals surface area contributed by atoms with Gasteiger partial charge in [0.2, 0.25) is 5.91 Å². The van der Waals surface area contributed by atoms with Crippen LogP contribution in [0, 0.1) is 0 Å². The summed E-state index contributed by atoms with van der Waals surface area (Å²) in [4.78, 5) is 14.9. The van der Waals surface area contributed by atoms with E-state index in [0.29, 0.717) is 23.4 Å². The minimum atomic E-state index is 0.0268. The molecule has 0 heterocycles. The molecule has 0 aromatic heterocycles. The van der Waals surface area contributed by atoms with Gasteiger partial charge < -0.3 is 10.0 Å². The number of rotatable bonds is 6. The maximum absolute atomic E-state index is 12.2. The van der Waals surface area contributed by atoms with Crippen molar-refractivity contribution in [2.75, 3.05) is 18.9 Å². The monoisotopic (exact) mass is 299 g/mol. The van der Waals surface area contributed by atoms with Gasteiger partial charge in [-0.1, -0.05) is 23.7 Å². The number of nitrogens with zero attached hydrogens (tertiary/aromatic N) is 1. The van der Waals surface area contributed by atoms with Crippen molar-refractivity contribution in [2.24, 2.45) is 0 Å². The van der Waals surface area contributed by atoms with E-state index in [1.54, 1.807) is 0 Å². The van der Waals surface area contributed by atoms with Gasteiger partial charge in [0.25, 0.3) is 0 Å². The van der Waals surface area contributed by atoms with Crippen molar-refractivity contribution in [3.8, 4) is 0 Å². The van der Waals surface area contributed by atoms with Crippen molar-refractivity contribution >= 4 is 29.3 Å². The van der Waals surface area contributed by atoms with Crippen LogP contribution in [0.2, 0.25) is 5.02 Å². The van der Waals surface area contributed by atoms with E-state index in [4.69, 9.17) is 16.7 Å². The van der Waals surface area contributed by atoms with E-state index in [2.05, 4.69) is 0 Å². The number of carbonyl (C=O) groups excluding carboxylic acids is 1. The summed E-state index contributed by atoms with van der Waals surface area (Å²) in [6, 6.07) is 7.86. The van der Waals surface area contributed by atoms with Crippen LogP contribution in [0.5, 0.6) is 0 Å². The number of aliphatic hydroxyl groups excluding tert-OH is 1. The Hall–Kier alpha value is -0.710. The average molecular weight is 300 g/mol. The predicted octanol–water partition coefficient (Wildman–Crippen LogP) is 2.81. The molecule has 0 aliphatic heterocycles. The average Bonchev–Trinajstić information content (AvgIpc) is 2.35. The Kier molecular flexibility index (Phi) is 5.55. The highest BCUT2D eigenvalue weighted by Crippen LogP contribution is 2.29. The summed E-state index contributed by atoms with van der Waals surface area (Å²) in [7, 11) is 0. The Bertz CT molecular complexity index is 437. The van der Waals surface area contributed by atoms with E-state index in [9.17, 15) is 4.79 Å². The van der Waals surface area contributed by atoms with Gasteiger partial charge in [-0.05, 0) is 31.4 Å². The molecule has 1 N–H and O–H groups in total. The lowest BCUT2D eigenvalue weighted by molar-refractivity contribution is -0.132. The number of hydrogen-bond acceptors (Lipinski definition) is 3. The summed E-state index contributed by atoms with van der Waals surface area (Å²) in [6.07, 6.45) is 3.29. The largest absolute Gasteiger partial charge is 0.395 e. The molecule has 0 spiro atoms. The van der Waals surface area contributed by atoms with Crippen LogP contribution in [0.3, 0.4) is 0 Å². The first-order chi connectivity index (χ1) is 9.22. The molecule has 1 aliphatic carbocycles. The van der Waals surface area contributed by atoms with E-state index in [1.165, 1.54) is 18.2 Å². The van der Waals surface area contributed by atoms with E-state index in [1.807, 2.05) is 29.2 Å². The highest BCUT2D eigenvalue weighted by Gasteiger charge is 2.28. The fourth-order valence-electron chi connectivity index (χ4n) is 2.10. The van der Waals surface area contributed by atoms with Crippen molar-refractivity contribution in [1.29, 1.82) is 0 Å². The molecule has 1 fully saturated rings. The van der Waals surface area contributed by atoms with Crippen molar-refractivity contribution in [2.45, 2.75) is 30.2 Å². The molecule has 1 aromatic rings. The second-order valence-corrected chi connectivity index (χ2v) is 6.04. The van der Waals surface area contributed by atoms with Gasteiger partial charge in [0.05, 0.1) is 17.4 Å². The fraction of sp³-hybridized carbons (Fsp3) is 0.500. The number of amides is 1. The highest BCUT2D eigenvalue weighted by atomic mass is 35.5. The molecule has 0 radical (unpaired) electrons. The molecule has 1 aromatic carbocycles. The van der Waals surface area contributed by atoms with Crippen molar-refractivity contribution in [3.05, 3.63) is 29.3 Å². The molecule has 2 rings (SSSR count). The third-order valence-corrected chi connectivity index (χ3v) is 4.86. The molecule has 3 nitrogen and oxygen atoms in total. The first kappa shape index (κ1) is 14.7. The topological polar surface area (TPSA) is 40.5 Å². The van der Waals surface area contributed by atoms with Crippen LogP contribution in [0.1, 0.15) is 19.3 Å². The van der Waals surface area contributed by atoms with Crippen LogP contribution >= 0.6 is 23.4 Å². The van der Waals surface area contributed by atoms with Gasteiger partial charge in [0.15, 0.2) is 0 Å². The number of aliphatic hydroxyl groups is 1. The Morgan fingerprint density at radius 3 is 2.74 bits per heavy atom. The van der Waals surface area contributed by atoms with E-state index >= 15 is 0 Å². The molecule has 0 bridgehead atoms. The maximum atomic E-state index is 12.2. The van der Waals surface area contributed by atoms with Gasteiger partial charge in [0.1, 0.15) is 0 Å². The Morgan fingerprint density at radius 1 is 1.42 bits per heavy atom. The van der Waals surface area contributed by atoms with Crippen LogP contribution in [0.4, 0.5) is 0 Å². The molecule has 5 heteroatoms. The second kappa shape index (κ2) is 7.17. The smallest absolute Gasteiger partial charge is 0.233 e. The van der Waals surface area contributed by atoms with Crippen molar-refractivity contribution in [1.82, 2.24) is 4.90 Å². The minimum absolute atomic E-state index is 0.0268. The number of hydrogen-bond donors (Lipinski definition) is 1. The van der Waals surface area contributed by atoms with Crippen molar-refractivity contribution < 1.29 is 9.90 Å². The van der Waals surface area contributed by atoms with Crippen LogP contribution < -0.4 is 0 Å². The number of benzene rings is 1. The van der Waals surface area contributed by atoms with E-state index in [0.717, 1.165) is 17.7 Å². The molecule has 19 heavy (non-hydrogen) atoms. The number of carbonyl (C=O) groups is 1. The zero-order chi connectivity index (χ0) is 13.7. The lowest BCUT2D eigenvalue weighted by atomic mass is 9.91. The normalized spacial score (nSPS) is 15.1. The molecule has 0 atom stereocenters. The van der Waals surface area contributed by atoms with Gasteiger partial charge >= 0.3 is 0 Å². The zero-order valence-electron chi connectivity index (χ0n) is 10.7. The first-order valence-electron chi connectivity index (χ1n) is 6.50. The maximum Gasteiger partial charge on any atom is 0.233 e. The lowest BCUT2D eigenvalue weighted by Crippen LogP contribution is -2.46. The molecular weight excluding hydrogens is 282 g/mol. The van der Waals surface area contributed by atoms with Gasteiger partial charge in [-0.25, -0.2) is 0 Å². The first-order valence-corrected chi connectivity index (χ1v) is 7.86.